The number of aromatic nitrogens is 2. The number of esters is 2. The predicted octanol–water partition coefficient (Wildman–Crippen LogP) is 5.38. The maximum Gasteiger partial charge on any atom is 0.361 e. The molecule has 45 heavy (non-hydrogen) atoms. The maximum absolute atomic E-state index is 13.5. The third-order valence-electron chi connectivity index (χ3n) is 6.97. The van der Waals surface area contributed by atoms with Crippen molar-refractivity contribution < 1.29 is 29.0 Å². The molecule has 3 rings (SSSR count). The molecule has 1 atom stereocenters. The molecule has 4 N–H and O–H groups in total. The number of halogens is 1. The summed E-state index contributed by atoms with van der Waals surface area (Å²) in [7, 11) is 0. The molecule has 0 spiro atoms. The lowest BCUT2D eigenvalue weighted by Gasteiger charge is -2.19. The Labute approximate surface area is 266 Å². The monoisotopic (exact) mass is 642 g/mol. The highest BCUT2D eigenvalue weighted by Crippen LogP contribution is 2.26. The number of carbonyl (C=O) groups excluding carboxylic acids is 2. The highest BCUT2D eigenvalue weighted by atomic mass is 35.5. The van der Waals surface area contributed by atoms with Crippen molar-refractivity contribution in [2.24, 2.45) is 16.7 Å². The quantitative estimate of drug-likeness (QED) is 0.0266. The molecule has 2 aromatic carbocycles. The first-order valence-electron chi connectivity index (χ1n) is 14.8. The first-order valence-corrected chi connectivity index (χ1v) is 15.2. The van der Waals surface area contributed by atoms with Gasteiger partial charge in [0.25, 0.3) is 5.09 Å². The fraction of sp³-hybridized carbons (Fsp3) is 0.419. The van der Waals surface area contributed by atoms with Crippen molar-refractivity contribution in [2.45, 2.75) is 78.0 Å². The molecule has 0 amide bonds. The highest BCUT2D eigenvalue weighted by Gasteiger charge is 2.27. The van der Waals surface area contributed by atoms with Crippen molar-refractivity contribution in [3.05, 3.63) is 86.4 Å². The van der Waals surface area contributed by atoms with E-state index in [1.807, 2.05) is 48.5 Å². The molecular weight excluding hydrogens is 604 g/mol. The van der Waals surface area contributed by atoms with Crippen molar-refractivity contribution >= 4 is 29.4 Å². The Morgan fingerprint density at radius 1 is 1.07 bits per heavy atom. The van der Waals surface area contributed by atoms with E-state index in [0.29, 0.717) is 37.1 Å². The van der Waals surface area contributed by atoms with Crippen molar-refractivity contribution in [3.8, 4) is 11.1 Å². The first-order chi connectivity index (χ1) is 21.7. The summed E-state index contributed by atoms with van der Waals surface area (Å²) in [6, 6.07) is 15.3. The van der Waals surface area contributed by atoms with Crippen LogP contribution in [0.25, 0.3) is 11.1 Å². The van der Waals surface area contributed by atoms with Gasteiger partial charge in [-0.2, -0.15) is 5.10 Å². The Balaban J connectivity index is 1.83. The van der Waals surface area contributed by atoms with Crippen LogP contribution < -0.4 is 11.6 Å². The van der Waals surface area contributed by atoms with E-state index in [0.717, 1.165) is 29.5 Å². The number of rotatable bonds is 18. The van der Waals surface area contributed by atoms with Crippen LogP contribution in [0.2, 0.25) is 5.15 Å². The second-order valence-electron chi connectivity index (χ2n) is 10.2. The molecule has 1 heterocycles. The van der Waals surface area contributed by atoms with Gasteiger partial charge in [-0.05, 0) is 36.0 Å². The summed E-state index contributed by atoms with van der Waals surface area (Å²) < 4.78 is 12.8. The third-order valence-corrected chi connectivity index (χ3v) is 7.23. The number of carbonyl (C=O) groups is 2. The van der Waals surface area contributed by atoms with E-state index in [2.05, 4.69) is 21.8 Å². The van der Waals surface area contributed by atoms with Gasteiger partial charge >= 0.3 is 11.9 Å². The number of nitrogens with zero attached hydrogens (tertiary/aromatic N) is 4. The van der Waals surface area contributed by atoms with Crippen LogP contribution in [0, 0.1) is 10.1 Å². The molecule has 0 saturated carbocycles. The van der Waals surface area contributed by atoms with Gasteiger partial charge in [0, 0.05) is 31.4 Å². The van der Waals surface area contributed by atoms with Crippen LogP contribution >= 0.6 is 11.6 Å². The second kappa shape index (κ2) is 17.6. The van der Waals surface area contributed by atoms with Gasteiger partial charge in [0.15, 0.2) is 16.7 Å². The van der Waals surface area contributed by atoms with Crippen LogP contribution in [0.3, 0.4) is 0 Å². The normalized spacial score (nSPS) is 12.0. The zero-order chi connectivity index (χ0) is 32.8. The van der Waals surface area contributed by atoms with Crippen molar-refractivity contribution in [2.75, 3.05) is 6.61 Å². The first kappa shape index (κ1) is 34.8. The number of aryl methyl sites for hydroxylation is 1. The van der Waals surface area contributed by atoms with E-state index < -0.39 is 23.3 Å². The molecule has 0 radical (unpaired) electrons. The van der Waals surface area contributed by atoms with Crippen LogP contribution in [0.1, 0.15) is 86.2 Å². The van der Waals surface area contributed by atoms with Crippen LogP contribution in [0.4, 0.5) is 0 Å². The van der Waals surface area contributed by atoms with Crippen LogP contribution in [0.15, 0.2) is 53.6 Å². The molecule has 242 valence electrons. The summed E-state index contributed by atoms with van der Waals surface area (Å²) in [5.41, 5.74) is 9.42. The van der Waals surface area contributed by atoms with Crippen LogP contribution in [-0.4, -0.2) is 45.3 Å². The van der Waals surface area contributed by atoms with E-state index in [4.69, 9.17) is 32.7 Å². The SMILES string of the molecule is CCCCc1nc(Cl)c(C(=O)OC(CCCCCO[N+](=O)[O-])OC(=O)CC)n1Cc1ccc(-c2ccccc2/C(N)=N/N)cc1. The summed E-state index contributed by atoms with van der Waals surface area (Å²) in [6.45, 7) is 3.92. The Bertz CT molecular complexity index is 1480. The van der Waals surface area contributed by atoms with E-state index >= 15 is 0 Å². The number of imidazole rings is 1. The molecule has 0 saturated heterocycles. The molecule has 0 aliphatic rings. The van der Waals surface area contributed by atoms with Crippen molar-refractivity contribution in [1.82, 2.24) is 9.55 Å². The Morgan fingerprint density at radius 3 is 2.47 bits per heavy atom. The van der Waals surface area contributed by atoms with Gasteiger partial charge in [-0.1, -0.05) is 86.8 Å². The maximum atomic E-state index is 13.5. The van der Waals surface area contributed by atoms with Gasteiger partial charge in [0.2, 0.25) is 6.29 Å². The molecule has 0 aliphatic carbocycles. The van der Waals surface area contributed by atoms with Gasteiger partial charge in [-0.25, -0.2) is 9.78 Å². The molecule has 13 nitrogen and oxygen atoms in total. The largest absolute Gasteiger partial charge is 0.425 e. The minimum Gasteiger partial charge on any atom is -0.425 e. The average Bonchev–Trinajstić information content (AvgIpc) is 3.35. The van der Waals surface area contributed by atoms with E-state index in [1.54, 1.807) is 11.5 Å². The fourth-order valence-corrected chi connectivity index (χ4v) is 4.91. The lowest BCUT2D eigenvalue weighted by molar-refractivity contribution is -0.757. The lowest BCUT2D eigenvalue weighted by Crippen LogP contribution is -2.26. The van der Waals surface area contributed by atoms with Crippen LogP contribution in [-0.2, 0) is 32.1 Å². The van der Waals surface area contributed by atoms with Crippen LogP contribution in [0.5, 0.6) is 0 Å². The van der Waals surface area contributed by atoms with Crippen molar-refractivity contribution in [1.29, 1.82) is 0 Å². The van der Waals surface area contributed by atoms with Gasteiger partial charge in [0.1, 0.15) is 5.82 Å². The molecule has 1 aromatic heterocycles. The highest BCUT2D eigenvalue weighted by molar-refractivity contribution is 6.32. The summed E-state index contributed by atoms with van der Waals surface area (Å²) in [5.74, 6) is 4.96. The van der Waals surface area contributed by atoms with Gasteiger partial charge < -0.3 is 30.5 Å². The van der Waals surface area contributed by atoms with E-state index in [-0.39, 0.29) is 42.7 Å². The van der Waals surface area contributed by atoms with Gasteiger partial charge in [-0.15, -0.1) is 10.1 Å². The molecular formula is C31H39ClN6O7. The minimum atomic E-state index is -1.16. The molecule has 0 fully saturated rings. The Morgan fingerprint density at radius 2 is 1.80 bits per heavy atom. The van der Waals surface area contributed by atoms with Crippen molar-refractivity contribution in [3.63, 3.8) is 0 Å². The Hall–Kier alpha value is -4.65. The summed E-state index contributed by atoms with van der Waals surface area (Å²) in [6.07, 6.45) is 2.90. The van der Waals surface area contributed by atoms with Gasteiger partial charge in [0.05, 0.1) is 6.61 Å². The number of nitrogens with two attached hydrogens (primary N) is 2. The Kier molecular flexibility index (Phi) is 13.6. The molecule has 14 heteroatoms. The summed E-state index contributed by atoms with van der Waals surface area (Å²) in [5, 5.41) is 13.1. The van der Waals surface area contributed by atoms with Gasteiger partial charge in [-0.3, -0.25) is 4.79 Å². The minimum absolute atomic E-state index is 0.00862. The molecule has 0 bridgehead atoms. The number of ether oxygens (including phenoxy) is 2. The van der Waals surface area contributed by atoms with E-state index in [1.165, 1.54) is 0 Å². The molecule has 3 aromatic rings. The average molecular weight is 643 g/mol. The smallest absolute Gasteiger partial charge is 0.361 e. The standard InChI is InChI=1S/C31H39ClN6O7/c1-3-5-13-25-35-29(32)28(31(40)45-27(44-26(39)4-2)14-7-6-10-19-43-38(41)42)37(25)20-21-15-17-22(18-16-21)23-11-8-9-12-24(23)30(33)36-34/h8-9,11-12,15-18,27H,3-7,10,13-14,19-20,34H2,1-2H3,(H2,33,36). The fourth-order valence-electron chi connectivity index (χ4n) is 4.63. The zero-order valence-corrected chi connectivity index (χ0v) is 26.2. The molecule has 0 aliphatic heterocycles. The predicted molar refractivity (Wildman–Crippen MR) is 169 cm³/mol. The zero-order valence-electron chi connectivity index (χ0n) is 25.4. The summed E-state index contributed by atoms with van der Waals surface area (Å²) >= 11 is 6.52. The number of unbranched alkanes of at least 4 members (excludes halogenated alkanes) is 3. The van der Waals surface area contributed by atoms with E-state index in [9.17, 15) is 19.7 Å². The summed E-state index contributed by atoms with van der Waals surface area (Å²) in [4.78, 5) is 44.8. The molecule has 1 unspecified atom stereocenters. The number of benzene rings is 2. The number of hydrogen-bond donors (Lipinski definition) is 2. The third kappa shape index (κ3) is 10.2. The topological polar surface area (TPSA) is 187 Å². The number of hydrogen-bond acceptors (Lipinski definition) is 10. The lowest BCUT2D eigenvalue weighted by atomic mass is 9.98. The second-order valence-corrected chi connectivity index (χ2v) is 10.6. The number of hydrazone groups is 1. The number of amidine groups is 1.